The fraction of sp³-hybridized carbons (Fsp3) is 0.636. The standard InChI is InChI=1S/C11H17Br2N3O/c1-4-16-9(5-8(2)15-16)10(17)14-11(3,6-12)7-13/h5H,4,6-7H2,1-3H3,(H,14,17). The molecule has 17 heavy (non-hydrogen) atoms. The average Bonchev–Trinajstić information content (AvgIpc) is 2.70. The Morgan fingerprint density at radius 2 is 2.12 bits per heavy atom. The summed E-state index contributed by atoms with van der Waals surface area (Å²) in [5.41, 5.74) is 1.17. The number of nitrogens with one attached hydrogen (secondary N) is 1. The van der Waals surface area contributed by atoms with E-state index in [4.69, 9.17) is 0 Å². The van der Waals surface area contributed by atoms with Gasteiger partial charge in [-0.1, -0.05) is 31.9 Å². The minimum atomic E-state index is -0.298. The van der Waals surface area contributed by atoms with Gasteiger partial charge in [0.1, 0.15) is 5.69 Å². The van der Waals surface area contributed by atoms with Crippen molar-refractivity contribution in [1.29, 1.82) is 0 Å². The van der Waals surface area contributed by atoms with Gasteiger partial charge in [0.15, 0.2) is 0 Å². The molecule has 0 saturated carbocycles. The topological polar surface area (TPSA) is 46.9 Å². The van der Waals surface area contributed by atoms with Gasteiger partial charge in [-0.15, -0.1) is 0 Å². The van der Waals surface area contributed by atoms with E-state index in [1.807, 2.05) is 26.8 Å². The molecule has 0 unspecified atom stereocenters. The van der Waals surface area contributed by atoms with Crippen molar-refractivity contribution in [1.82, 2.24) is 15.1 Å². The molecule has 0 aliphatic heterocycles. The molecule has 4 nitrogen and oxygen atoms in total. The normalized spacial score (nSPS) is 11.6. The predicted octanol–water partition coefficient (Wildman–Crippen LogP) is 2.49. The molecule has 0 aromatic carbocycles. The molecule has 6 heteroatoms. The van der Waals surface area contributed by atoms with E-state index in [9.17, 15) is 4.79 Å². The zero-order valence-electron chi connectivity index (χ0n) is 10.3. The quantitative estimate of drug-likeness (QED) is 0.814. The lowest BCUT2D eigenvalue weighted by Gasteiger charge is -2.26. The van der Waals surface area contributed by atoms with Gasteiger partial charge in [0.05, 0.1) is 11.2 Å². The Balaban J connectivity index is 2.89. The van der Waals surface area contributed by atoms with Crippen LogP contribution in [0.4, 0.5) is 0 Å². The number of aryl methyl sites for hydroxylation is 2. The summed E-state index contributed by atoms with van der Waals surface area (Å²) >= 11 is 6.81. The molecule has 0 aliphatic carbocycles. The highest BCUT2D eigenvalue weighted by atomic mass is 79.9. The van der Waals surface area contributed by atoms with Gasteiger partial charge in [0.2, 0.25) is 0 Å². The third-order valence-corrected chi connectivity index (χ3v) is 4.91. The maximum Gasteiger partial charge on any atom is 0.270 e. The van der Waals surface area contributed by atoms with Crippen molar-refractivity contribution < 1.29 is 4.79 Å². The predicted molar refractivity (Wildman–Crippen MR) is 76.1 cm³/mol. The second kappa shape index (κ2) is 6.00. The molecule has 1 aromatic heterocycles. The van der Waals surface area contributed by atoms with Gasteiger partial charge in [-0.3, -0.25) is 9.48 Å². The van der Waals surface area contributed by atoms with Crippen LogP contribution in [0.1, 0.15) is 30.0 Å². The summed E-state index contributed by atoms with van der Waals surface area (Å²) < 4.78 is 1.72. The Bertz CT molecular complexity index is 399. The Morgan fingerprint density at radius 1 is 1.53 bits per heavy atom. The van der Waals surface area contributed by atoms with Crippen molar-refractivity contribution in [3.63, 3.8) is 0 Å². The number of halogens is 2. The lowest BCUT2D eigenvalue weighted by atomic mass is 10.1. The third-order valence-electron chi connectivity index (χ3n) is 2.44. The van der Waals surface area contributed by atoms with E-state index in [2.05, 4.69) is 42.3 Å². The molecule has 1 amide bonds. The first-order valence-corrected chi connectivity index (χ1v) is 7.69. The fourth-order valence-corrected chi connectivity index (χ4v) is 2.62. The summed E-state index contributed by atoms with van der Waals surface area (Å²) in [5.74, 6) is -0.0890. The van der Waals surface area contributed by atoms with Gasteiger partial charge in [0.25, 0.3) is 5.91 Å². The first-order chi connectivity index (χ1) is 7.95. The van der Waals surface area contributed by atoms with Crippen molar-refractivity contribution in [3.05, 3.63) is 17.5 Å². The molecule has 0 aliphatic rings. The van der Waals surface area contributed by atoms with Gasteiger partial charge in [-0.05, 0) is 26.8 Å². The molecule has 0 fully saturated rings. The van der Waals surface area contributed by atoms with Crippen LogP contribution in [0.25, 0.3) is 0 Å². The number of nitrogens with zero attached hydrogens (tertiary/aromatic N) is 2. The van der Waals surface area contributed by atoms with Crippen LogP contribution in [0.2, 0.25) is 0 Å². The summed E-state index contributed by atoms with van der Waals surface area (Å²) in [4.78, 5) is 12.2. The first-order valence-electron chi connectivity index (χ1n) is 5.44. The number of carbonyl (C=O) groups is 1. The smallest absolute Gasteiger partial charge is 0.270 e. The number of aromatic nitrogens is 2. The Morgan fingerprint density at radius 3 is 2.59 bits per heavy atom. The molecular weight excluding hydrogens is 350 g/mol. The van der Waals surface area contributed by atoms with Gasteiger partial charge in [-0.25, -0.2) is 0 Å². The van der Waals surface area contributed by atoms with E-state index in [1.165, 1.54) is 0 Å². The molecule has 1 N–H and O–H groups in total. The van der Waals surface area contributed by atoms with E-state index in [-0.39, 0.29) is 11.4 Å². The Kier molecular flexibility index (Phi) is 5.19. The second-order valence-corrected chi connectivity index (χ2v) is 5.39. The van der Waals surface area contributed by atoms with Gasteiger partial charge >= 0.3 is 0 Å². The zero-order chi connectivity index (χ0) is 13.1. The average molecular weight is 367 g/mol. The summed E-state index contributed by atoms with van der Waals surface area (Å²) in [6.45, 7) is 6.53. The number of alkyl halides is 2. The van der Waals surface area contributed by atoms with E-state index in [0.717, 1.165) is 5.69 Å². The number of hydrogen-bond acceptors (Lipinski definition) is 2. The minimum Gasteiger partial charge on any atom is -0.344 e. The van der Waals surface area contributed by atoms with E-state index in [0.29, 0.717) is 22.9 Å². The maximum absolute atomic E-state index is 12.2. The van der Waals surface area contributed by atoms with Crippen LogP contribution in [0.3, 0.4) is 0 Å². The highest BCUT2D eigenvalue weighted by molar-refractivity contribution is 9.09. The Labute approximate surface area is 118 Å². The lowest BCUT2D eigenvalue weighted by molar-refractivity contribution is 0.0912. The van der Waals surface area contributed by atoms with E-state index < -0.39 is 0 Å². The minimum absolute atomic E-state index is 0.0890. The first kappa shape index (κ1) is 14.7. The zero-order valence-corrected chi connectivity index (χ0v) is 13.4. The summed E-state index contributed by atoms with van der Waals surface area (Å²) in [5, 5.41) is 8.65. The van der Waals surface area contributed by atoms with Gasteiger partial charge < -0.3 is 5.32 Å². The summed E-state index contributed by atoms with van der Waals surface area (Å²) in [6, 6.07) is 1.81. The summed E-state index contributed by atoms with van der Waals surface area (Å²) in [6.07, 6.45) is 0. The summed E-state index contributed by atoms with van der Waals surface area (Å²) in [7, 11) is 0. The molecule has 0 bridgehead atoms. The van der Waals surface area contributed by atoms with Crippen LogP contribution in [-0.4, -0.2) is 31.9 Å². The van der Waals surface area contributed by atoms with Crippen molar-refractivity contribution in [3.8, 4) is 0 Å². The third kappa shape index (κ3) is 3.55. The monoisotopic (exact) mass is 365 g/mol. The molecule has 0 spiro atoms. The molecule has 1 aromatic rings. The van der Waals surface area contributed by atoms with Crippen molar-refractivity contribution in [2.45, 2.75) is 32.9 Å². The number of amides is 1. The van der Waals surface area contributed by atoms with Crippen LogP contribution in [0.5, 0.6) is 0 Å². The molecule has 1 rings (SSSR count). The van der Waals surface area contributed by atoms with Crippen LogP contribution in [-0.2, 0) is 6.54 Å². The number of rotatable bonds is 5. The number of hydrogen-bond donors (Lipinski definition) is 1. The van der Waals surface area contributed by atoms with Crippen LogP contribution < -0.4 is 5.32 Å². The van der Waals surface area contributed by atoms with Crippen LogP contribution in [0, 0.1) is 6.92 Å². The van der Waals surface area contributed by atoms with Crippen molar-refractivity contribution in [2.75, 3.05) is 10.7 Å². The molecule has 0 radical (unpaired) electrons. The highest BCUT2D eigenvalue weighted by Crippen LogP contribution is 2.13. The molecule has 96 valence electrons. The van der Waals surface area contributed by atoms with E-state index >= 15 is 0 Å². The molecular formula is C11H17Br2N3O. The number of carbonyl (C=O) groups excluding carboxylic acids is 1. The van der Waals surface area contributed by atoms with E-state index in [1.54, 1.807) is 4.68 Å². The largest absolute Gasteiger partial charge is 0.344 e. The van der Waals surface area contributed by atoms with Crippen LogP contribution in [0.15, 0.2) is 6.07 Å². The van der Waals surface area contributed by atoms with Crippen molar-refractivity contribution >= 4 is 37.8 Å². The second-order valence-electron chi connectivity index (χ2n) is 4.27. The maximum atomic E-state index is 12.2. The molecule has 0 atom stereocenters. The molecule has 1 heterocycles. The van der Waals surface area contributed by atoms with Gasteiger partial charge in [0, 0.05) is 17.2 Å². The lowest BCUT2D eigenvalue weighted by Crippen LogP contribution is -2.49. The fourth-order valence-electron chi connectivity index (χ4n) is 1.41. The van der Waals surface area contributed by atoms with Gasteiger partial charge in [-0.2, -0.15) is 5.10 Å². The molecule has 0 saturated heterocycles. The Hall–Kier alpha value is -0.360. The SMILES string of the molecule is CCn1nc(C)cc1C(=O)NC(C)(CBr)CBr. The highest BCUT2D eigenvalue weighted by Gasteiger charge is 2.25. The van der Waals surface area contributed by atoms with Crippen molar-refractivity contribution in [2.24, 2.45) is 0 Å². The van der Waals surface area contributed by atoms with Crippen LogP contribution >= 0.6 is 31.9 Å².